The third-order valence-electron chi connectivity index (χ3n) is 3.60. The summed E-state index contributed by atoms with van der Waals surface area (Å²) in [4.78, 5) is 13.4. The monoisotopic (exact) mass is 336 g/mol. The molecular weight excluding hydrogens is 319 g/mol. The van der Waals surface area contributed by atoms with E-state index in [9.17, 15) is 14.3 Å². The van der Waals surface area contributed by atoms with Crippen LogP contribution in [0.4, 0.5) is 4.39 Å². The van der Waals surface area contributed by atoms with Crippen LogP contribution in [0.2, 0.25) is 5.02 Å². The van der Waals surface area contributed by atoms with Crippen LogP contribution in [0, 0.1) is 5.82 Å². The van der Waals surface area contributed by atoms with E-state index in [4.69, 9.17) is 17.3 Å². The summed E-state index contributed by atoms with van der Waals surface area (Å²) in [6.07, 6.45) is -0.899. The number of aliphatic hydroxyl groups excluding tert-OH is 1. The molecule has 6 heteroatoms. The van der Waals surface area contributed by atoms with E-state index < -0.39 is 23.9 Å². The molecule has 0 aliphatic rings. The van der Waals surface area contributed by atoms with E-state index in [1.165, 1.54) is 18.2 Å². The Kier molecular flexibility index (Phi) is 5.71. The van der Waals surface area contributed by atoms with Gasteiger partial charge >= 0.3 is 0 Å². The standard InChI is InChI=1S/C17H18ClFN2O2/c1-21(10-15(22)13-7-2-3-8-14(13)18)16(17(20)23)11-5-4-6-12(19)9-11/h2-9,15-16,22H,10H2,1H3,(H2,20,23). The van der Waals surface area contributed by atoms with Gasteiger partial charge < -0.3 is 10.8 Å². The van der Waals surface area contributed by atoms with Gasteiger partial charge in [-0.25, -0.2) is 4.39 Å². The number of nitrogens with zero attached hydrogens (tertiary/aromatic N) is 1. The zero-order valence-corrected chi connectivity index (χ0v) is 13.4. The molecule has 0 aliphatic heterocycles. The minimum absolute atomic E-state index is 0.119. The molecule has 0 aromatic heterocycles. The first kappa shape index (κ1) is 17.4. The van der Waals surface area contributed by atoms with Gasteiger partial charge in [0.25, 0.3) is 0 Å². The van der Waals surface area contributed by atoms with Crippen LogP contribution < -0.4 is 5.73 Å². The topological polar surface area (TPSA) is 66.6 Å². The first-order valence-electron chi connectivity index (χ1n) is 7.07. The highest BCUT2D eigenvalue weighted by Gasteiger charge is 2.25. The number of aliphatic hydroxyl groups is 1. The smallest absolute Gasteiger partial charge is 0.239 e. The van der Waals surface area contributed by atoms with Crippen molar-refractivity contribution in [1.29, 1.82) is 0 Å². The van der Waals surface area contributed by atoms with Crippen molar-refractivity contribution in [2.45, 2.75) is 12.1 Å². The molecule has 2 rings (SSSR count). The third kappa shape index (κ3) is 4.28. The molecule has 0 saturated heterocycles. The number of halogens is 2. The number of benzene rings is 2. The zero-order chi connectivity index (χ0) is 17.0. The summed E-state index contributed by atoms with van der Waals surface area (Å²) in [6.45, 7) is 0.119. The molecule has 2 aromatic rings. The van der Waals surface area contributed by atoms with Gasteiger partial charge in [-0.15, -0.1) is 0 Å². The fourth-order valence-electron chi connectivity index (χ4n) is 2.53. The lowest BCUT2D eigenvalue weighted by Crippen LogP contribution is -2.37. The van der Waals surface area contributed by atoms with E-state index in [0.29, 0.717) is 16.1 Å². The minimum Gasteiger partial charge on any atom is -0.387 e. The quantitative estimate of drug-likeness (QED) is 0.852. The Labute approximate surface area is 139 Å². The van der Waals surface area contributed by atoms with Gasteiger partial charge in [0.2, 0.25) is 5.91 Å². The van der Waals surface area contributed by atoms with Crippen LogP contribution >= 0.6 is 11.6 Å². The molecule has 3 N–H and O–H groups in total. The van der Waals surface area contributed by atoms with Crippen molar-refractivity contribution < 1.29 is 14.3 Å². The molecule has 4 nitrogen and oxygen atoms in total. The Morgan fingerprint density at radius 3 is 2.61 bits per heavy atom. The highest BCUT2D eigenvalue weighted by Crippen LogP contribution is 2.26. The molecule has 2 unspecified atom stereocenters. The number of nitrogens with two attached hydrogens (primary N) is 1. The van der Waals surface area contributed by atoms with Crippen LogP contribution in [0.3, 0.4) is 0 Å². The van der Waals surface area contributed by atoms with E-state index >= 15 is 0 Å². The van der Waals surface area contributed by atoms with Crippen LogP contribution in [0.15, 0.2) is 48.5 Å². The van der Waals surface area contributed by atoms with Crippen LogP contribution in [-0.2, 0) is 4.79 Å². The maximum atomic E-state index is 13.4. The number of likely N-dealkylation sites (N-methyl/N-ethyl adjacent to an activating group) is 1. The molecule has 2 atom stereocenters. The molecule has 0 saturated carbocycles. The highest BCUT2D eigenvalue weighted by molar-refractivity contribution is 6.31. The fraction of sp³-hybridized carbons (Fsp3) is 0.235. The fourth-order valence-corrected chi connectivity index (χ4v) is 2.80. The van der Waals surface area contributed by atoms with Crippen LogP contribution in [0.25, 0.3) is 0 Å². The summed E-state index contributed by atoms with van der Waals surface area (Å²) < 4.78 is 13.4. The maximum absolute atomic E-state index is 13.4. The Balaban J connectivity index is 2.20. The second-order valence-corrected chi connectivity index (χ2v) is 5.74. The predicted molar refractivity (Wildman–Crippen MR) is 87.4 cm³/mol. The Morgan fingerprint density at radius 2 is 2.00 bits per heavy atom. The second-order valence-electron chi connectivity index (χ2n) is 5.34. The first-order valence-corrected chi connectivity index (χ1v) is 7.45. The molecule has 0 spiro atoms. The summed E-state index contributed by atoms with van der Waals surface area (Å²) in [5.41, 5.74) is 6.45. The average Bonchev–Trinajstić information content (AvgIpc) is 2.47. The number of carbonyl (C=O) groups is 1. The lowest BCUT2D eigenvalue weighted by atomic mass is 10.0. The lowest BCUT2D eigenvalue weighted by Gasteiger charge is -2.28. The first-order chi connectivity index (χ1) is 10.9. The van der Waals surface area contributed by atoms with E-state index in [1.807, 2.05) is 0 Å². The predicted octanol–water partition coefficient (Wildman–Crippen LogP) is 2.67. The maximum Gasteiger partial charge on any atom is 0.239 e. The van der Waals surface area contributed by atoms with Gasteiger partial charge in [-0.1, -0.05) is 41.9 Å². The number of rotatable bonds is 6. The molecular formula is C17H18ClFN2O2. The minimum atomic E-state index is -0.899. The van der Waals surface area contributed by atoms with E-state index in [1.54, 1.807) is 42.3 Å². The van der Waals surface area contributed by atoms with Crippen LogP contribution in [0.5, 0.6) is 0 Å². The Bertz CT molecular complexity index is 696. The zero-order valence-electron chi connectivity index (χ0n) is 12.6. The van der Waals surface area contributed by atoms with Crippen molar-refractivity contribution in [1.82, 2.24) is 4.90 Å². The van der Waals surface area contributed by atoms with E-state index in [-0.39, 0.29) is 6.54 Å². The Hall–Kier alpha value is -1.95. The summed E-state index contributed by atoms with van der Waals surface area (Å²) in [6, 6.07) is 11.8. The van der Waals surface area contributed by atoms with Crippen molar-refractivity contribution in [3.05, 3.63) is 70.5 Å². The van der Waals surface area contributed by atoms with Crippen molar-refractivity contribution in [2.24, 2.45) is 5.73 Å². The lowest BCUT2D eigenvalue weighted by molar-refractivity contribution is -0.123. The average molecular weight is 337 g/mol. The van der Waals surface area contributed by atoms with Crippen molar-refractivity contribution >= 4 is 17.5 Å². The van der Waals surface area contributed by atoms with Gasteiger partial charge in [-0.3, -0.25) is 9.69 Å². The molecule has 0 fully saturated rings. The summed E-state index contributed by atoms with van der Waals surface area (Å²) in [5, 5.41) is 10.8. The molecule has 0 aliphatic carbocycles. The van der Waals surface area contributed by atoms with Gasteiger partial charge in [0.1, 0.15) is 11.9 Å². The highest BCUT2D eigenvalue weighted by atomic mass is 35.5. The molecule has 1 amide bonds. The second kappa shape index (κ2) is 7.55. The molecule has 23 heavy (non-hydrogen) atoms. The van der Waals surface area contributed by atoms with Crippen LogP contribution in [-0.4, -0.2) is 29.5 Å². The van der Waals surface area contributed by atoms with E-state index in [2.05, 4.69) is 0 Å². The third-order valence-corrected chi connectivity index (χ3v) is 3.94. The normalized spacial score (nSPS) is 13.8. The number of amides is 1. The van der Waals surface area contributed by atoms with Gasteiger partial charge in [-0.2, -0.15) is 0 Å². The molecule has 0 radical (unpaired) electrons. The van der Waals surface area contributed by atoms with Crippen LogP contribution in [0.1, 0.15) is 23.3 Å². The largest absolute Gasteiger partial charge is 0.387 e. The van der Waals surface area contributed by atoms with Crippen molar-refractivity contribution in [2.75, 3.05) is 13.6 Å². The molecule has 0 bridgehead atoms. The number of carbonyl (C=O) groups excluding carboxylic acids is 1. The molecule has 0 heterocycles. The van der Waals surface area contributed by atoms with Crippen molar-refractivity contribution in [3.8, 4) is 0 Å². The molecule has 2 aromatic carbocycles. The van der Waals surface area contributed by atoms with Gasteiger partial charge in [-0.05, 0) is 30.8 Å². The van der Waals surface area contributed by atoms with E-state index in [0.717, 1.165) is 0 Å². The van der Waals surface area contributed by atoms with Crippen molar-refractivity contribution in [3.63, 3.8) is 0 Å². The van der Waals surface area contributed by atoms with Gasteiger partial charge in [0.15, 0.2) is 0 Å². The molecule has 122 valence electrons. The summed E-state index contributed by atoms with van der Waals surface area (Å²) in [5.74, 6) is -1.07. The SMILES string of the molecule is CN(CC(O)c1ccccc1Cl)C(C(N)=O)c1cccc(F)c1. The number of hydrogen-bond donors (Lipinski definition) is 2. The number of primary amides is 1. The Morgan fingerprint density at radius 1 is 1.30 bits per heavy atom. The number of hydrogen-bond acceptors (Lipinski definition) is 3. The van der Waals surface area contributed by atoms with Gasteiger partial charge in [0, 0.05) is 17.1 Å². The summed E-state index contributed by atoms with van der Waals surface area (Å²) in [7, 11) is 1.64. The summed E-state index contributed by atoms with van der Waals surface area (Å²) >= 11 is 6.06. The van der Waals surface area contributed by atoms with Gasteiger partial charge in [0.05, 0.1) is 6.10 Å².